The Balaban J connectivity index is 1.43. The van der Waals surface area contributed by atoms with Crippen molar-refractivity contribution in [3.63, 3.8) is 0 Å². The van der Waals surface area contributed by atoms with E-state index in [1.165, 1.54) is 12.5 Å². The van der Waals surface area contributed by atoms with Crippen LogP contribution in [-0.2, 0) is 9.59 Å². The minimum absolute atomic E-state index is 0.0969. The zero-order valence-electron chi connectivity index (χ0n) is 14.8. The van der Waals surface area contributed by atoms with E-state index in [1.807, 2.05) is 36.4 Å². The summed E-state index contributed by atoms with van der Waals surface area (Å²) in [5, 5.41) is 2.87. The molecule has 2 aromatic rings. The van der Waals surface area contributed by atoms with Crippen molar-refractivity contribution in [1.82, 2.24) is 0 Å². The molecule has 1 saturated carbocycles. The van der Waals surface area contributed by atoms with Gasteiger partial charge in [-0.3, -0.25) is 9.59 Å². The van der Waals surface area contributed by atoms with Crippen LogP contribution in [0.1, 0.15) is 43.6 Å². The Hall–Kier alpha value is -2.82. The average Bonchev–Trinajstić information content (AvgIpc) is 3.01. The maximum atomic E-state index is 12.3. The summed E-state index contributed by atoms with van der Waals surface area (Å²) in [6.07, 6.45) is 5.71. The normalized spacial score (nSPS) is 22.2. The number of carbonyl (C=O) groups excluding carboxylic acids is 2. The van der Waals surface area contributed by atoms with E-state index >= 15 is 0 Å². The van der Waals surface area contributed by atoms with Gasteiger partial charge in [-0.25, -0.2) is 0 Å². The summed E-state index contributed by atoms with van der Waals surface area (Å²) in [7, 11) is 0. The number of para-hydroxylation sites is 2. The first-order chi connectivity index (χ1) is 12.6. The number of nitrogens with zero attached hydrogens (tertiary/aromatic N) is 1. The molecule has 0 unspecified atom stereocenters. The number of hydrogen-bond donors (Lipinski definition) is 1. The Morgan fingerprint density at radius 1 is 1.27 bits per heavy atom. The summed E-state index contributed by atoms with van der Waals surface area (Å²) in [5.41, 5.74) is 1.39. The second-order valence-corrected chi connectivity index (χ2v) is 7.05. The van der Waals surface area contributed by atoms with Crippen LogP contribution in [0.3, 0.4) is 0 Å². The number of benzene rings is 1. The number of hydrogen-bond acceptors (Lipinski definition) is 3. The van der Waals surface area contributed by atoms with Gasteiger partial charge in [0.05, 0.1) is 11.4 Å². The van der Waals surface area contributed by atoms with Crippen molar-refractivity contribution in [1.29, 1.82) is 0 Å². The molecule has 1 N–H and O–H groups in total. The maximum absolute atomic E-state index is 12.3. The number of carbonyl (C=O) groups is 2. The van der Waals surface area contributed by atoms with E-state index in [2.05, 4.69) is 12.2 Å². The lowest BCUT2D eigenvalue weighted by molar-refractivity contribution is -0.117. The largest absolute Gasteiger partial charge is 0.461 e. The van der Waals surface area contributed by atoms with Crippen LogP contribution >= 0.6 is 0 Å². The van der Waals surface area contributed by atoms with Crippen molar-refractivity contribution in [3.8, 4) is 0 Å². The predicted molar refractivity (Wildman–Crippen MR) is 101 cm³/mol. The lowest BCUT2D eigenvalue weighted by atomic mass is 10.2. The molecule has 2 atom stereocenters. The summed E-state index contributed by atoms with van der Waals surface area (Å²) in [5.74, 6) is 2.73. The molecule has 2 aliphatic rings. The Labute approximate surface area is 152 Å². The number of anilines is 2. The van der Waals surface area contributed by atoms with Gasteiger partial charge in [0.15, 0.2) is 0 Å². The third kappa shape index (κ3) is 3.43. The highest BCUT2D eigenvalue weighted by atomic mass is 16.3. The van der Waals surface area contributed by atoms with Crippen molar-refractivity contribution in [2.45, 2.75) is 32.1 Å². The van der Waals surface area contributed by atoms with Gasteiger partial charge in [-0.1, -0.05) is 19.1 Å². The van der Waals surface area contributed by atoms with E-state index in [9.17, 15) is 9.59 Å². The molecule has 0 spiro atoms. The molecule has 1 aromatic carbocycles. The zero-order chi connectivity index (χ0) is 18.1. The molecular weight excluding hydrogens is 328 g/mol. The average molecular weight is 350 g/mol. The molecule has 1 aromatic heterocycles. The molecule has 1 aliphatic heterocycles. The molecule has 26 heavy (non-hydrogen) atoms. The fourth-order valence-corrected chi connectivity index (χ4v) is 3.43. The first-order valence-corrected chi connectivity index (χ1v) is 9.10. The van der Waals surface area contributed by atoms with Crippen LogP contribution in [0.25, 0.3) is 6.08 Å². The van der Waals surface area contributed by atoms with E-state index < -0.39 is 0 Å². The van der Waals surface area contributed by atoms with Gasteiger partial charge in [-0.15, -0.1) is 0 Å². The minimum atomic E-state index is -0.248. The highest BCUT2D eigenvalue weighted by molar-refractivity contribution is 6.06. The van der Waals surface area contributed by atoms with Crippen LogP contribution in [0.15, 0.2) is 46.9 Å². The molecule has 2 amide bonds. The van der Waals surface area contributed by atoms with Gasteiger partial charge in [0.1, 0.15) is 11.5 Å². The van der Waals surface area contributed by atoms with Crippen LogP contribution in [-0.4, -0.2) is 18.4 Å². The van der Waals surface area contributed by atoms with Gasteiger partial charge in [-0.2, -0.15) is 0 Å². The van der Waals surface area contributed by atoms with E-state index in [4.69, 9.17) is 4.42 Å². The fraction of sp³-hybridized carbons (Fsp3) is 0.333. The molecule has 4 rings (SSSR count). The number of amides is 2. The van der Waals surface area contributed by atoms with E-state index in [-0.39, 0.29) is 11.8 Å². The second-order valence-electron chi connectivity index (χ2n) is 7.05. The van der Waals surface area contributed by atoms with Crippen LogP contribution in [0.4, 0.5) is 11.4 Å². The standard InChI is InChI=1S/C21H22N2O3/c1-14-13-16(14)19-10-8-15(26-19)9-11-20(24)22-17-5-2-3-6-18(17)23-12-4-7-21(23)25/h2-3,5-6,8-11,14,16H,4,7,12-13H2,1H3,(H,22,24)/b11-9+/t14-,16-/m0/s1. The Morgan fingerprint density at radius 2 is 2.08 bits per heavy atom. The van der Waals surface area contributed by atoms with E-state index in [0.717, 1.165) is 17.9 Å². The summed E-state index contributed by atoms with van der Waals surface area (Å²) < 4.78 is 5.78. The highest BCUT2D eigenvalue weighted by Crippen LogP contribution is 2.47. The molecule has 5 nitrogen and oxygen atoms in total. The minimum Gasteiger partial charge on any atom is -0.461 e. The smallest absolute Gasteiger partial charge is 0.248 e. The fourth-order valence-electron chi connectivity index (χ4n) is 3.43. The first kappa shape index (κ1) is 16.6. The van der Waals surface area contributed by atoms with Gasteiger partial charge < -0.3 is 14.6 Å². The lowest BCUT2D eigenvalue weighted by Gasteiger charge is -2.19. The number of rotatable bonds is 5. The number of furan rings is 1. The van der Waals surface area contributed by atoms with Crippen molar-refractivity contribution >= 4 is 29.3 Å². The van der Waals surface area contributed by atoms with Crippen molar-refractivity contribution in [2.24, 2.45) is 5.92 Å². The summed E-state index contributed by atoms with van der Waals surface area (Å²) in [6, 6.07) is 11.3. The topological polar surface area (TPSA) is 62.6 Å². The maximum Gasteiger partial charge on any atom is 0.248 e. The first-order valence-electron chi connectivity index (χ1n) is 9.10. The van der Waals surface area contributed by atoms with Gasteiger partial charge in [0, 0.05) is 25.0 Å². The quantitative estimate of drug-likeness (QED) is 0.823. The molecular formula is C21H22N2O3. The molecule has 0 radical (unpaired) electrons. The third-order valence-electron chi connectivity index (χ3n) is 5.05. The Bertz CT molecular complexity index is 868. The van der Waals surface area contributed by atoms with Crippen LogP contribution in [0.5, 0.6) is 0 Å². The van der Waals surface area contributed by atoms with Crippen LogP contribution in [0.2, 0.25) is 0 Å². The number of nitrogens with one attached hydrogen (secondary N) is 1. The third-order valence-corrected chi connectivity index (χ3v) is 5.05. The van der Waals surface area contributed by atoms with Gasteiger partial charge in [-0.05, 0) is 49.1 Å². The molecule has 0 bridgehead atoms. The molecule has 2 heterocycles. The van der Waals surface area contributed by atoms with Gasteiger partial charge in [0.2, 0.25) is 11.8 Å². The van der Waals surface area contributed by atoms with Crippen molar-refractivity contribution in [2.75, 3.05) is 16.8 Å². The van der Waals surface area contributed by atoms with Crippen LogP contribution < -0.4 is 10.2 Å². The van der Waals surface area contributed by atoms with E-state index in [1.54, 1.807) is 11.0 Å². The molecule has 5 heteroatoms. The summed E-state index contributed by atoms with van der Waals surface area (Å²) >= 11 is 0. The zero-order valence-corrected chi connectivity index (χ0v) is 14.8. The molecule has 1 saturated heterocycles. The SMILES string of the molecule is C[C@H]1C[C@@H]1c1ccc(/C=C/C(=O)Nc2ccccc2N2CCCC2=O)o1. The van der Waals surface area contributed by atoms with Gasteiger partial charge >= 0.3 is 0 Å². The summed E-state index contributed by atoms with van der Waals surface area (Å²) in [4.78, 5) is 26.0. The van der Waals surface area contributed by atoms with Gasteiger partial charge in [0.25, 0.3) is 0 Å². The van der Waals surface area contributed by atoms with Crippen molar-refractivity contribution in [3.05, 3.63) is 54.0 Å². The van der Waals surface area contributed by atoms with Crippen LogP contribution in [0, 0.1) is 5.92 Å². The molecule has 2 fully saturated rings. The molecule has 134 valence electrons. The Morgan fingerprint density at radius 3 is 2.81 bits per heavy atom. The highest BCUT2D eigenvalue weighted by Gasteiger charge is 2.36. The summed E-state index contributed by atoms with van der Waals surface area (Å²) in [6.45, 7) is 2.90. The monoisotopic (exact) mass is 350 g/mol. The predicted octanol–water partition coefficient (Wildman–Crippen LogP) is 4.18. The molecule has 1 aliphatic carbocycles. The van der Waals surface area contributed by atoms with E-state index in [0.29, 0.717) is 36.2 Å². The van der Waals surface area contributed by atoms with Crippen molar-refractivity contribution < 1.29 is 14.0 Å². The Kier molecular flexibility index (Phi) is 4.37. The second kappa shape index (κ2) is 6.83. The lowest BCUT2D eigenvalue weighted by Crippen LogP contribution is -2.25.